The van der Waals surface area contributed by atoms with Crippen LogP contribution in [0.3, 0.4) is 0 Å². The summed E-state index contributed by atoms with van der Waals surface area (Å²) in [5.74, 6) is -0.232. The molecule has 24 heavy (non-hydrogen) atoms. The molecule has 1 aromatic carbocycles. The third kappa shape index (κ3) is 3.75. The molecule has 1 amide bonds. The molecule has 0 bridgehead atoms. The van der Waals surface area contributed by atoms with Gasteiger partial charge >= 0.3 is 0 Å². The summed E-state index contributed by atoms with van der Waals surface area (Å²) in [6, 6.07) is 7.60. The van der Waals surface area contributed by atoms with Crippen molar-refractivity contribution in [1.82, 2.24) is 5.32 Å². The fraction of sp³-hybridized carbons (Fsp3) is 0.611. The molecule has 1 fully saturated rings. The average molecular weight is 357 g/mol. The first-order chi connectivity index (χ1) is 10.7. The molecule has 3 atom stereocenters. The summed E-state index contributed by atoms with van der Waals surface area (Å²) in [5.41, 5.74) is 6.84. The van der Waals surface area contributed by atoms with Crippen LogP contribution in [0.2, 0.25) is 0 Å². The zero-order valence-corrected chi connectivity index (χ0v) is 15.7. The van der Waals surface area contributed by atoms with E-state index in [1.165, 1.54) is 0 Å². The van der Waals surface area contributed by atoms with E-state index in [1.807, 2.05) is 52.0 Å². The number of aliphatic hydroxyl groups excluding tert-OH is 1. The van der Waals surface area contributed by atoms with Gasteiger partial charge < -0.3 is 20.9 Å². The Hall–Kier alpha value is -1.14. The molecule has 6 heteroatoms. The number of amides is 1. The maximum atomic E-state index is 12.5. The second-order valence-electron chi connectivity index (χ2n) is 6.98. The Bertz CT molecular complexity index is 562. The van der Waals surface area contributed by atoms with Crippen molar-refractivity contribution in [2.45, 2.75) is 51.9 Å². The number of hydrogen-bond acceptors (Lipinski definition) is 4. The van der Waals surface area contributed by atoms with Gasteiger partial charge in [-0.3, -0.25) is 4.79 Å². The summed E-state index contributed by atoms with van der Waals surface area (Å²) in [7, 11) is 0. The van der Waals surface area contributed by atoms with E-state index in [0.29, 0.717) is 13.0 Å². The lowest BCUT2D eigenvalue weighted by molar-refractivity contribution is -0.170. The van der Waals surface area contributed by atoms with Crippen LogP contribution in [-0.2, 0) is 9.53 Å². The molecule has 1 aromatic rings. The van der Waals surface area contributed by atoms with E-state index in [2.05, 4.69) is 5.32 Å². The topological polar surface area (TPSA) is 84.6 Å². The first kappa shape index (κ1) is 20.9. The minimum atomic E-state index is -0.958. The van der Waals surface area contributed by atoms with E-state index in [-0.39, 0.29) is 31.0 Å². The smallest absolute Gasteiger partial charge is 0.240 e. The zero-order valence-electron chi connectivity index (χ0n) is 14.8. The van der Waals surface area contributed by atoms with Gasteiger partial charge in [0.2, 0.25) is 5.91 Å². The predicted octanol–water partition coefficient (Wildman–Crippen LogP) is 2.10. The standard InChI is InChI=1S/C18H28N2O3.ClH/c1-5-23-15-10-18(19,17(15,3)4)16(22)20-11-14(21)13-8-6-12(2)7-9-13;/h6-9,14-15,21H,5,10-11,19H2,1-4H3,(H,20,22);1H. The van der Waals surface area contributed by atoms with Gasteiger partial charge in [0.1, 0.15) is 5.54 Å². The molecule has 136 valence electrons. The summed E-state index contributed by atoms with van der Waals surface area (Å²) in [4.78, 5) is 12.5. The Labute approximate surface area is 150 Å². The SMILES string of the molecule is CCOC1CC(N)(C(=O)NCC(O)c2ccc(C)cc2)C1(C)C.Cl. The summed E-state index contributed by atoms with van der Waals surface area (Å²) in [6.07, 6.45) is -0.250. The molecule has 1 aliphatic rings. The first-order valence-electron chi connectivity index (χ1n) is 8.15. The molecular weight excluding hydrogens is 328 g/mol. The van der Waals surface area contributed by atoms with Crippen LogP contribution in [0.25, 0.3) is 0 Å². The van der Waals surface area contributed by atoms with Crippen LogP contribution in [0.5, 0.6) is 0 Å². The van der Waals surface area contributed by atoms with E-state index in [0.717, 1.165) is 11.1 Å². The lowest BCUT2D eigenvalue weighted by atomic mass is 9.54. The average Bonchev–Trinajstić information content (AvgIpc) is 2.52. The lowest BCUT2D eigenvalue weighted by Crippen LogP contribution is -2.75. The zero-order chi connectivity index (χ0) is 17.3. The number of aliphatic hydroxyl groups is 1. The molecule has 5 nitrogen and oxygen atoms in total. The highest BCUT2D eigenvalue weighted by molar-refractivity contribution is 5.88. The van der Waals surface area contributed by atoms with Crippen molar-refractivity contribution < 1.29 is 14.6 Å². The van der Waals surface area contributed by atoms with Crippen LogP contribution in [0.15, 0.2) is 24.3 Å². The van der Waals surface area contributed by atoms with E-state index in [9.17, 15) is 9.90 Å². The van der Waals surface area contributed by atoms with E-state index >= 15 is 0 Å². The third-order valence-corrected chi connectivity index (χ3v) is 5.15. The maximum absolute atomic E-state index is 12.5. The normalized spacial score (nSPS) is 26.0. The number of benzene rings is 1. The van der Waals surface area contributed by atoms with Gasteiger partial charge in [-0.15, -0.1) is 12.4 Å². The van der Waals surface area contributed by atoms with Gasteiger partial charge in [0.25, 0.3) is 0 Å². The molecule has 0 aliphatic heterocycles. The van der Waals surface area contributed by atoms with Crippen molar-refractivity contribution in [2.75, 3.05) is 13.2 Å². The van der Waals surface area contributed by atoms with Crippen LogP contribution >= 0.6 is 12.4 Å². The number of carbonyl (C=O) groups excluding carboxylic acids is 1. The monoisotopic (exact) mass is 356 g/mol. The van der Waals surface area contributed by atoms with E-state index < -0.39 is 17.1 Å². The van der Waals surface area contributed by atoms with Crippen LogP contribution < -0.4 is 11.1 Å². The summed E-state index contributed by atoms with van der Waals surface area (Å²) in [5, 5.41) is 13.0. The molecule has 2 rings (SSSR count). The molecule has 0 spiro atoms. The molecule has 1 saturated carbocycles. The van der Waals surface area contributed by atoms with Crippen molar-refractivity contribution >= 4 is 18.3 Å². The van der Waals surface area contributed by atoms with Crippen molar-refractivity contribution in [1.29, 1.82) is 0 Å². The summed E-state index contributed by atoms with van der Waals surface area (Å²) < 4.78 is 5.64. The summed E-state index contributed by atoms with van der Waals surface area (Å²) >= 11 is 0. The van der Waals surface area contributed by atoms with Gasteiger partial charge in [-0.2, -0.15) is 0 Å². The van der Waals surface area contributed by atoms with Gasteiger partial charge in [-0.25, -0.2) is 0 Å². The second kappa shape index (κ2) is 7.83. The summed E-state index contributed by atoms with van der Waals surface area (Å²) in [6.45, 7) is 8.59. The molecule has 3 unspecified atom stereocenters. The second-order valence-corrected chi connectivity index (χ2v) is 6.98. The van der Waals surface area contributed by atoms with Crippen molar-refractivity contribution in [3.05, 3.63) is 35.4 Å². The molecule has 4 N–H and O–H groups in total. The maximum Gasteiger partial charge on any atom is 0.240 e. The van der Waals surface area contributed by atoms with E-state index in [4.69, 9.17) is 10.5 Å². The largest absolute Gasteiger partial charge is 0.387 e. The quantitative estimate of drug-likeness (QED) is 0.728. The van der Waals surface area contributed by atoms with E-state index in [1.54, 1.807) is 0 Å². The molecule has 0 radical (unpaired) electrons. The fourth-order valence-electron chi connectivity index (χ4n) is 3.07. The third-order valence-electron chi connectivity index (χ3n) is 5.15. The number of halogens is 1. The minimum absolute atomic E-state index is 0. The van der Waals surface area contributed by atoms with Crippen molar-refractivity contribution in [3.8, 4) is 0 Å². The Balaban J connectivity index is 0.00000288. The van der Waals surface area contributed by atoms with Gasteiger partial charge in [0.05, 0.1) is 12.2 Å². The lowest BCUT2D eigenvalue weighted by Gasteiger charge is -2.57. The highest BCUT2D eigenvalue weighted by Crippen LogP contribution is 2.49. The number of hydrogen-bond donors (Lipinski definition) is 3. The molecule has 1 aliphatic carbocycles. The Morgan fingerprint density at radius 3 is 2.50 bits per heavy atom. The Morgan fingerprint density at radius 1 is 1.42 bits per heavy atom. The van der Waals surface area contributed by atoms with Gasteiger partial charge in [-0.05, 0) is 19.4 Å². The number of carbonyl (C=O) groups is 1. The van der Waals surface area contributed by atoms with Gasteiger partial charge in [-0.1, -0.05) is 43.7 Å². The number of ether oxygens (including phenoxy) is 1. The highest BCUT2D eigenvalue weighted by atomic mass is 35.5. The minimum Gasteiger partial charge on any atom is -0.387 e. The predicted molar refractivity (Wildman–Crippen MR) is 97.1 cm³/mol. The molecule has 0 heterocycles. The van der Waals surface area contributed by atoms with Crippen LogP contribution in [0, 0.1) is 12.3 Å². The van der Waals surface area contributed by atoms with Crippen LogP contribution in [0.4, 0.5) is 0 Å². The fourth-order valence-corrected chi connectivity index (χ4v) is 3.07. The Morgan fingerprint density at radius 2 is 2.00 bits per heavy atom. The molecule has 0 saturated heterocycles. The van der Waals surface area contributed by atoms with Crippen molar-refractivity contribution in [3.63, 3.8) is 0 Å². The van der Waals surface area contributed by atoms with Crippen LogP contribution in [-0.4, -0.2) is 35.8 Å². The number of rotatable bonds is 6. The molecular formula is C18H29ClN2O3. The number of aryl methyl sites for hydroxylation is 1. The van der Waals surface area contributed by atoms with Crippen molar-refractivity contribution in [2.24, 2.45) is 11.1 Å². The Kier molecular flexibility index (Phi) is 6.82. The highest BCUT2D eigenvalue weighted by Gasteiger charge is 2.62. The number of nitrogens with one attached hydrogen (secondary N) is 1. The van der Waals surface area contributed by atoms with Crippen LogP contribution in [0.1, 0.15) is 44.4 Å². The molecule has 0 aromatic heterocycles. The van der Waals surface area contributed by atoms with Gasteiger partial charge in [0, 0.05) is 25.0 Å². The first-order valence-corrected chi connectivity index (χ1v) is 8.15. The van der Waals surface area contributed by atoms with Gasteiger partial charge in [0.15, 0.2) is 0 Å². The number of nitrogens with two attached hydrogens (primary N) is 1.